The molecule has 2 heterocycles. The van der Waals surface area contributed by atoms with Crippen LogP contribution in [-0.4, -0.2) is 36.2 Å². The number of fused-ring (bicyclic) bond motifs is 2. The van der Waals surface area contributed by atoms with Gasteiger partial charge in [-0.15, -0.1) is 0 Å². The van der Waals surface area contributed by atoms with Crippen LogP contribution in [-0.2, 0) is 0 Å². The highest BCUT2D eigenvalue weighted by Gasteiger charge is 2.42. The molecule has 1 unspecified atom stereocenters. The van der Waals surface area contributed by atoms with Gasteiger partial charge in [-0.2, -0.15) is 0 Å². The lowest BCUT2D eigenvalue weighted by atomic mass is 9.98. The number of carbonyl (C=O) groups is 1. The van der Waals surface area contributed by atoms with Gasteiger partial charge in [0, 0.05) is 6.54 Å². The minimum Gasteiger partial charge on any atom is -0.497 e. The van der Waals surface area contributed by atoms with Gasteiger partial charge in [-0.3, -0.25) is 9.59 Å². The predicted octanol–water partition coefficient (Wildman–Crippen LogP) is 2.65. The van der Waals surface area contributed by atoms with Crippen LogP contribution in [0.1, 0.15) is 33.3 Å². The van der Waals surface area contributed by atoms with E-state index in [4.69, 9.17) is 9.15 Å². The molecule has 0 radical (unpaired) electrons. The second kappa shape index (κ2) is 6.55. The summed E-state index contributed by atoms with van der Waals surface area (Å²) >= 11 is 0. The van der Waals surface area contributed by atoms with Gasteiger partial charge in [-0.1, -0.05) is 23.8 Å². The smallest absolute Gasteiger partial charge is 0.290 e. The Balaban J connectivity index is 1.97. The standard InChI is InChI=1S/C21H19NO5/c1-12-3-8-16-15(11-12)19(24)17-18(13-4-6-14(26-2)7-5-13)22(9-10-23)21(25)20(17)27-16/h3-8,11,18,23H,9-10H2,1-2H3. The highest BCUT2D eigenvalue weighted by molar-refractivity contribution is 5.99. The van der Waals surface area contributed by atoms with Gasteiger partial charge >= 0.3 is 0 Å². The molecule has 3 aromatic rings. The number of amides is 1. The molecular weight excluding hydrogens is 346 g/mol. The first kappa shape index (κ1) is 17.3. The van der Waals surface area contributed by atoms with Crippen LogP contribution in [0.2, 0.25) is 0 Å². The SMILES string of the molecule is COc1ccc(C2c3c(oc4ccc(C)cc4c3=O)C(=O)N2CCO)cc1. The van der Waals surface area contributed by atoms with Gasteiger partial charge < -0.3 is 19.2 Å². The largest absolute Gasteiger partial charge is 0.497 e. The van der Waals surface area contributed by atoms with E-state index in [1.54, 1.807) is 31.4 Å². The second-order valence-electron chi connectivity index (χ2n) is 6.57. The van der Waals surface area contributed by atoms with Crippen molar-refractivity contribution in [3.63, 3.8) is 0 Å². The number of β-amino-alcohol motifs (C(OH)–C–C–N with tert-alkyl or cyclic N) is 1. The molecule has 0 bridgehead atoms. The molecule has 1 aliphatic rings. The van der Waals surface area contributed by atoms with Crippen LogP contribution in [0, 0.1) is 6.92 Å². The van der Waals surface area contributed by atoms with Crippen molar-refractivity contribution < 1.29 is 19.1 Å². The Hall–Kier alpha value is -3.12. The summed E-state index contributed by atoms with van der Waals surface area (Å²) < 4.78 is 11.0. The summed E-state index contributed by atoms with van der Waals surface area (Å²) in [4.78, 5) is 27.6. The number of carbonyl (C=O) groups excluding carboxylic acids is 1. The topological polar surface area (TPSA) is 80.0 Å². The van der Waals surface area contributed by atoms with E-state index >= 15 is 0 Å². The van der Waals surface area contributed by atoms with E-state index in [0.29, 0.717) is 22.3 Å². The predicted molar refractivity (Wildman–Crippen MR) is 100 cm³/mol. The van der Waals surface area contributed by atoms with Gasteiger partial charge in [0.05, 0.1) is 30.7 Å². The lowest BCUT2D eigenvalue weighted by molar-refractivity contribution is 0.0691. The van der Waals surface area contributed by atoms with Crippen LogP contribution in [0.5, 0.6) is 5.75 Å². The maximum atomic E-state index is 13.2. The van der Waals surface area contributed by atoms with E-state index in [1.165, 1.54) is 4.90 Å². The summed E-state index contributed by atoms with van der Waals surface area (Å²) in [7, 11) is 1.57. The molecule has 0 fully saturated rings. The maximum absolute atomic E-state index is 13.2. The maximum Gasteiger partial charge on any atom is 0.290 e. The van der Waals surface area contributed by atoms with Crippen LogP contribution in [0.15, 0.2) is 51.7 Å². The van der Waals surface area contributed by atoms with Crippen molar-refractivity contribution in [3.05, 3.63) is 75.1 Å². The van der Waals surface area contributed by atoms with Crippen LogP contribution in [0.3, 0.4) is 0 Å². The molecule has 1 N–H and O–H groups in total. The lowest BCUT2D eigenvalue weighted by Gasteiger charge is -2.24. The molecule has 4 rings (SSSR count). The number of hydrogen-bond acceptors (Lipinski definition) is 5. The Morgan fingerprint density at radius 1 is 1.15 bits per heavy atom. The minimum absolute atomic E-state index is 0.0469. The molecule has 1 aromatic heterocycles. The molecule has 1 amide bonds. The Kier molecular flexibility index (Phi) is 4.20. The summed E-state index contributed by atoms with van der Waals surface area (Å²) in [6, 6.07) is 11.9. The first-order chi connectivity index (χ1) is 13.0. The Bertz CT molecular complexity index is 1080. The summed E-state index contributed by atoms with van der Waals surface area (Å²) in [6.07, 6.45) is 0. The first-order valence-electron chi connectivity index (χ1n) is 8.68. The van der Waals surface area contributed by atoms with Gasteiger partial charge in [0.2, 0.25) is 5.76 Å². The van der Waals surface area contributed by atoms with Gasteiger partial charge in [0.15, 0.2) is 5.43 Å². The van der Waals surface area contributed by atoms with Crippen molar-refractivity contribution in [1.29, 1.82) is 0 Å². The minimum atomic E-state index is -0.605. The van der Waals surface area contributed by atoms with E-state index in [9.17, 15) is 14.7 Å². The highest BCUT2D eigenvalue weighted by atomic mass is 16.5. The molecule has 0 aliphatic carbocycles. The molecule has 2 aromatic carbocycles. The van der Waals surface area contributed by atoms with Gasteiger partial charge in [0.1, 0.15) is 11.3 Å². The molecule has 0 spiro atoms. The normalized spacial score (nSPS) is 16.0. The second-order valence-corrected chi connectivity index (χ2v) is 6.57. The third kappa shape index (κ3) is 2.69. The third-order valence-electron chi connectivity index (χ3n) is 4.89. The Morgan fingerprint density at radius 3 is 2.56 bits per heavy atom. The number of rotatable bonds is 4. The summed E-state index contributed by atoms with van der Waals surface area (Å²) in [5.41, 5.74) is 2.18. The highest BCUT2D eigenvalue weighted by Crippen LogP contribution is 2.38. The summed E-state index contributed by atoms with van der Waals surface area (Å²) in [5, 5.41) is 9.89. The molecule has 138 valence electrons. The molecule has 1 atom stereocenters. The molecule has 6 heteroatoms. The first-order valence-corrected chi connectivity index (χ1v) is 8.68. The van der Waals surface area contributed by atoms with E-state index in [0.717, 1.165) is 11.1 Å². The summed E-state index contributed by atoms with van der Waals surface area (Å²) in [6.45, 7) is 1.80. The van der Waals surface area contributed by atoms with Crippen LogP contribution in [0.25, 0.3) is 11.0 Å². The monoisotopic (exact) mass is 365 g/mol. The molecule has 0 saturated heterocycles. The number of aliphatic hydroxyl groups is 1. The van der Waals surface area contributed by atoms with Crippen molar-refractivity contribution in [2.24, 2.45) is 0 Å². The Labute approximate surface area is 155 Å². The van der Waals surface area contributed by atoms with Crippen molar-refractivity contribution >= 4 is 16.9 Å². The molecule has 0 saturated carbocycles. The number of aryl methyl sites for hydroxylation is 1. The van der Waals surface area contributed by atoms with Gasteiger partial charge in [-0.25, -0.2) is 0 Å². The van der Waals surface area contributed by atoms with E-state index in [2.05, 4.69) is 0 Å². The van der Waals surface area contributed by atoms with E-state index < -0.39 is 6.04 Å². The molecule has 27 heavy (non-hydrogen) atoms. The third-order valence-corrected chi connectivity index (χ3v) is 4.89. The zero-order valence-corrected chi connectivity index (χ0v) is 15.1. The average Bonchev–Trinajstić information content (AvgIpc) is 2.95. The van der Waals surface area contributed by atoms with E-state index in [1.807, 2.05) is 25.1 Å². The van der Waals surface area contributed by atoms with Crippen molar-refractivity contribution in [3.8, 4) is 5.75 Å². The van der Waals surface area contributed by atoms with Crippen LogP contribution < -0.4 is 10.2 Å². The molecular formula is C21H19NO5. The average molecular weight is 365 g/mol. The fraction of sp³-hybridized carbons (Fsp3) is 0.238. The van der Waals surface area contributed by atoms with Gasteiger partial charge in [-0.05, 0) is 36.8 Å². The number of methoxy groups -OCH3 is 1. The quantitative estimate of drug-likeness (QED) is 0.769. The van der Waals surface area contributed by atoms with Crippen LogP contribution in [0.4, 0.5) is 0 Å². The number of nitrogens with zero attached hydrogens (tertiary/aromatic N) is 1. The number of ether oxygens (including phenoxy) is 1. The van der Waals surface area contributed by atoms with Crippen molar-refractivity contribution in [2.45, 2.75) is 13.0 Å². The van der Waals surface area contributed by atoms with Crippen LogP contribution >= 0.6 is 0 Å². The number of hydrogen-bond donors (Lipinski definition) is 1. The fourth-order valence-electron chi connectivity index (χ4n) is 3.61. The van der Waals surface area contributed by atoms with Crippen molar-refractivity contribution in [1.82, 2.24) is 4.90 Å². The zero-order chi connectivity index (χ0) is 19.1. The molecule has 1 aliphatic heterocycles. The Morgan fingerprint density at radius 2 is 1.89 bits per heavy atom. The lowest BCUT2D eigenvalue weighted by Crippen LogP contribution is -2.32. The number of benzene rings is 2. The fourth-order valence-corrected chi connectivity index (χ4v) is 3.61. The zero-order valence-electron chi connectivity index (χ0n) is 15.1. The summed E-state index contributed by atoms with van der Waals surface area (Å²) in [5.74, 6) is 0.336. The van der Waals surface area contributed by atoms with Crippen molar-refractivity contribution in [2.75, 3.05) is 20.3 Å². The van der Waals surface area contributed by atoms with E-state index in [-0.39, 0.29) is 30.2 Å². The van der Waals surface area contributed by atoms with Gasteiger partial charge in [0.25, 0.3) is 5.91 Å². The number of aliphatic hydroxyl groups excluding tert-OH is 1. The molecule has 6 nitrogen and oxygen atoms in total.